The molecule has 0 radical (unpaired) electrons. The van der Waals surface area contributed by atoms with E-state index in [0.29, 0.717) is 18.7 Å². The minimum Gasteiger partial charge on any atom is -0.462 e. The molecule has 0 spiro atoms. The first-order valence-corrected chi connectivity index (χ1v) is 15.8. The average molecular weight is 554 g/mol. The molecule has 0 unspecified atom stereocenters. The summed E-state index contributed by atoms with van der Waals surface area (Å²) >= 11 is 0. The van der Waals surface area contributed by atoms with Crippen molar-refractivity contribution in [2.24, 2.45) is 4.99 Å². The third-order valence-electron chi connectivity index (χ3n) is 7.99. The number of nitrogens with zero attached hydrogens (tertiary/aromatic N) is 1. The molecule has 218 valence electrons. The fourth-order valence-electron chi connectivity index (χ4n) is 5.76. The van der Waals surface area contributed by atoms with Crippen LogP contribution >= 0.6 is 0 Å². The van der Waals surface area contributed by atoms with E-state index >= 15 is 0 Å². The second kappa shape index (κ2) is 15.0. The number of unbranched alkanes of at least 4 members (excludes halogenated alkanes) is 7. The Balaban J connectivity index is 1.71. The molecule has 0 fully saturated rings. The summed E-state index contributed by atoms with van der Waals surface area (Å²) in [6, 6.07) is 16.4. The van der Waals surface area contributed by atoms with Crippen LogP contribution in [0.15, 0.2) is 57.9 Å². The van der Waals surface area contributed by atoms with Crippen molar-refractivity contribution in [1.29, 1.82) is 0 Å². The highest BCUT2D eigenvalue weighted by atomic mass is 16.5. The summed E-state index contributed by atoms with van der Waals surface area (Å²) in [6.45, 7) is 11.9. The van der Waals surface area contributed by atoms with Gasteiger partial charge in [-0.2, -0.15) is 0 Å². The Kier molecular flexibility index (Phi) is 11.2. The number of aryl methyl sites for hydroxylation is 3. The smallest absolute Gasteiger partial charge is 0.338 e. The van der Waals surface area contributed by atoms with Crippen molar-refractivity contribution in [1.82, 2.24) is 0 Å². The fraction of sp³-hybridized carbons (Fsp3) is 0.459. The van der Waals surface area contributed by atoms with E-state index in [1.54, 1.807) is 0 Å². The van der Waals surface area contributed by atoms with Gasteiger partial charge in [0.15, 0.2) is 0 Å². The molecule has 1 aliphatic heterocycles. The molecule has 0 bridgehead atoms. The van der Waals surface area contributed by atoms with Crippen molar-refractivity contribution in [3.63, 3.8) is 0 Å². The van der Waals surface area contributed by atoms with Crippen LogP contribution in [0.2, 0.25) is 0 Å². The summed E-state index contributed by atoms with van der Waals surface area (Å²) in [6.07, 6.45) is 11.8. The van der Waals surface area contributed by atoms with Crippen molar-refractivity contribution in [2.75, 3.05) is 13.2 Å². The van der Waals surface area contributed by atoms with Gasteiger partial charge in [-0.3, -0.25) is 4.99 Å². The van der Waals surface area contributed by atoms with E-state index < -0.39 is 0 Å². The average Bonchev–Trinajstić information content (AvgIpc) is 2.96. The zero-order valence-electron chi connectivity index (χ0n) is 25.8. The zero-order valence-corrected chi connectivity index (χ0v) is 25.8. The minimum atomic E-state index is -0.265. The molecule has 4 heteroatoms. The summed E-state index contributed by atoms with van der Waals surface area (Å²) in [4.78, 5) is 18.2. The number of ether oxygens (including phenoxy) is 1. The van der Waals surface area contributed by atoms with Gasteiger partial charge < -0.3 is 9.15 Å². The van der Waals surface area contributed by atoms with Crippen LogP contribution in [0, 0.1) is 13.8 Å². The van der Waals surface area contributed by atoms with Gasteiger partial charge in [0.2, 0.25) is 0 Å². The van der Waals surface area contributed by atoms with Crippen molar-refractivity contribution in [3.05, 3.63) is 76.1 Å². The molecular weight excluding hydrogens is 506 g/mol. The Morgan fingerprint density at radius 1 is 0.805 bits per heavy atom. The second-order valence-corrected chi connectivity index (χ2v) is 11.3. The predicted molar refractivity (Wildman–Crippen MR) is 171 cm³/mol. The number of carbonyl (C=O) groups is 1. The lowest BCUT2D eigenvalue weighted by Gasteiger charge is -2.19. The molecule has 0 aromatic heterocycles. The summed E-state index contributed by atoms with van der Waals surface area (Å²) < 4.78 is 12.4. The molecule has 4 nitrogen and oxygen atoms in total. The van der Waals surface area contributed by atoms with E-state index in [2.05, 4.69) is 50.9 Å². The van der Waals surface area contributed by atoms with E-state index in [4.69, 9.17) is 9.15 Å². The van der Waals surface area contributed by atoms with Crippen molar-refractivity contribution in [2.45, 2.75) is 98.8 Å². The number of carbonyl (C=O) groups excluding carboxylic acids is 1. The van der Waals surface area contributed by atoms with Gasteiger partial charge in [-0.05, 0) is 80.1 Å². The second-order valence-electron chi connectivity index (χ2n) is 11.3. The molecule has 4 rings (SSSR count). The Hall–Kier alpha value is -3.40. The van der Waals surface area contributed by atoms with Gasteiger partial charge in [0.05, 0.1) is 17.5 Å². The lowest BCUT2D eigenvalue weighted by atomic mass is 9.88. The highest BCUT2D eigenvalue weighted by Gasteiger charge is 2.23. The quantitative estimate of drug-likeness (QED) is 0.0887. The number of rotatable bonds is 14. The maximum absolute atomic E-state index is 13.5. The standard InChI is InChI=1S/C37H47NO3/c1-6-9-10-11-12-13-14-17-21-40-37(39)30-20-16-15-19-29(30)36-31-22-26(4)28(18-7-2)24-34(31)41-35-25-33(38-8-3)27(5)23-32(35)36/h15-16,19-20,22-25H,6-14,17-18,21H2,1-5H3. The van der Waals surface area contributed by atoms with Gasteiger partial charge in [-0.25, -0.2) is 4.79 Å². The number of hydrogen-bond acceptors (Lipinski definition) is 4. The van der Waals surface area contributed by atoms with E-state index in [1.807, 2.05) is 37.3 Å². The van der Waals surface area contributed by atoms with Gasteiger partial charge in [0.25, 0.3) is 0 Å². The Morgan fingerprint density at radius 2 is 1.54 bits per heavy atom. The van der Waals surface area contributed by atoms with Crippen LogP contribution in [-0.4, -0.2) is 19.1 Å². The summed E-state index contributed by atoms with van der Waals surface area (Å²) in [5, 5.41) is 1.95. The van der Waals surface area contributed by atoms with Crippen molar-refractivity contribution in [3.8, 4) is 22.5 Å². The molecule has 0 saturated heterocycles. The first-order valence-electron chi connectivity index (χ1n) is 15.8. The number of benzene rings is 3. The fourth-order valence-corrected chi connectivity index (χ4v) is 5.76. The van der Waals surface area contributed by atoms with Crippen LogP contribution in [0.4, 0.5) is 0 Å². The molecule has 0 atom stereocenters. The van der Waals surface area contributed by atoms with Crippen LogP contribution in [0.3, 0.4) is 0 Å². The molecular formula is C37H47NO3. The lowest BCUT2D eigenvalue weighted by molar-refractivity contribution is 0.0498. The Bertz CT molecular complexity index is 1500. The monoisotopic (exact) mass is 553 g/mol. The Morgan fingerprint density at radius 3 is 2.27 bits per heavy atom. The third kappa shape index (κ3) is 7.47. The van der Waals surface area contributed by atoms with E-state index in [9.17, 15) is 4.79 Å². The largest absolute Gasteiger partial charge is 0.462 e. The van der Waals surface area contributed by atoms with Crippen molar-refractivity contribution < 1.29 is 13.9 Å². The molecule has 0 amide bonds. The van der Waals surface area contributed by atoms with Gasteiger partial charge in [0, 0.05) is 29.1 Å². The van der Waals surface area contributed by atoms with Gasteiger partial charge in [-0.1, -0.05) is 83.4 Å². The summed E-state index contributed by atoms with van der Waals surface area (Å²) in [5.41, 5.74) is 7.91. The number of hydrogen-bond donors (Lipinski definition) is 0. The number of esters is 1. The first kappa shape index (κ1) is 30.6. The van der Waals surface area contributed by atoms with E-state index in [-0.39, 0.29) is 5.97 Å². The SMILES string of the molecule is CCCCCCCCCCOC(=O)c1ccccc1-c1c2cc(C)c(=NCC)cc-2oc2cc(CCC)c(C)cc12. The number of fused-ring (bicyclic) bond motifs is 2. The molecule has 2 aromatic rings. The molecule has 2 aromatic carbocycles. The molecule has 2 aliphatic rings. The van der Waals surface area contributed by atoms with E-state index in [0.717, 1.165) is 70.0 Å². The summed E-state index contributed by atoms with van der Waals surface area (Å²) in [7, 11) is 0. The molecule has 1 aliphatic carbocycles. The highest BCUT2D eigenvalue weighted by molar-refractivity contribution is 6.08. The molecule has 0 saturated carbocycles. The van der Waals surface area contributed by atoms with Crippen LogP contribution in [-0.2, 0) is 11.2 Å². The zero-order chi connectivity index (χ0) is 29.2. The van der Waals surface area contributed by atoms with Crippen LogP contribution in [0.1, 0.15) is 106 Å². The maximum atomic E-state index is 13.5. The van der Waals surface area contributed by atoms with Crippen LogP contribution in [0.25, 0.3) is 33.4 Å². The normalized spacial score (nSPS) is 12.0. The summed E-state index contributed by atoms with van der Waals surface area (Å²) in [5.74, 6) is 0.512. The predicted octanol–water partition coefficient (Wildman–Crippen LogP) is 9.99. The molecule has 41 heavy (non-hydrogen) atoms. The van der Waals surface area contributed by atoms with Crippen LogP contribution in [0.5, 0.6) is 0 Å². The van der Waals surface area contributed by atoms with Crippen molar-refractivity contribution >= 4 is 16.9 Å². The highest BCUT2D eigenvalue weighted by Crippen LogP contribution is 2.42. The minimum absolute atomic E-state index is 0.265. The topological polar surface area (TPSA) is 51.8 Å². The third-order valence-corrected chi connectivity index (χ3v) is 7.99. The lowest BCUT2D eigenvalue weighted by Crippen LogP contribution is -2.11. The van der Waals surface area contributed by atoms with E-state index in [1.165, 1.54) is 49.7 Å². The Labute approximate surface area is 246 Å². The molecule has 1 heterocycles. The van der Waals surface area contributed by atoms with Gasteiger partial charge in [0.1, 0.15) is 11.3 Å². The van der Waals surface area contributed by atoms with Gasteiger partial charge >= 0.3 is 5.97 Å². The molecule has 0 N–H and O–H groups in total. The first-order chi connectivity index (χ1) is 20.0. The van der Waals surface area contributed by atoms with Gasteiger partial charge in [-0.15, -0.1) is 0 Å². The van der Waals surface area contributed by atoms with Crippen LogP contribution < -0.4 is 5.36 Å². The maximum Gasteiger partial charge on any atom is 0.338 e.